The molecule has 22 heavy (non-hydrogen) atoms. The second-order valence-corrected chi connectivity index (χ2v) is 9.00. The third kappa shape index (κ3) is 4.81. The normalized spacial score (nSPS) is 14.0. The van der Waals surface area contributed by atoms with Crippen LogP contribution < -0.4 is 5.73 Å². The molecule has 1 aromatic carbocycles. The van der Waals surface area contributed by atoms with Crippen LogP contribution in [0.15, 0.2) is 29.2 Å². The molecule has 1 unspecified atom stereocenters. The van der Waals surface area contributed by atoms with E-state index >= 15 is 0 Å². The van der Waals surface area contributed by atoms with Crippen LogP contribution in [0.4, 0.5) is 0 Å². The molecule has 1 rings (SSSR count). The Kier molecular flexibility index (Phi) is 5.76. The Hall–Kier alpha value is -1.40. The summed E-state index contributed by atoms with van der Waals surface area (Å²) < 4.78 is 30.0. The zero-order chi connectivity index (χ0) is 17.1. The zero-order valence-electron chi connectivity index (χ0n) is 13.8. The van der Waals surface area contributed by atoms with Crippen molar-refractivity contribution in [1.82, 2.24) is 0 Å². The summed E-state index contributed by atoms with van der Waals surface area (Å²) in [6, 6.07) is 5.81. The first-order valence-corrected chi connectivity index (χ1v) is 8.80. The number of hydrogen-bond donors (Lipinski definition) is 1. The van der Waals surface area contributed by atoms with Gasteiger partial charge < -0.3 is 10.5 Å². The second-order valence-electron chi connectivity index (χ2n) is 6.53. The number of sulfone groups is 1. The lowest BCUT2D eigenvalue weighted by molar-refractivity contribution is -0.155. The van der Waals surface area contributed by atoms with Gasteiger partial charge in [0.2, 0.25) is 0 Å². The summed E-state index contributed by atoms with van der Waals surface area (Å²) in [5.41, 5.74) is 5.90. The third-order valence-electron chi connectivity index (χ3n) is 3.05. The SMILES string of the molecule is CC(C)S(=O)(=O)c1ccccc1C(N)CC(=O)OC(C)(C)C. The van der Waals surface area contributed by atoms with E-state index in [-0.39, 0.29) is 11.3 Å². The first-order valence-electron chi connectivity index (χ1n) is 7.25. The third-order valence-corrected chi connectivity index (χ3v) is 5.28. The van der Waals surface area contributed by atoms with Gasteiger partial charge in [0.15, 0.2) is 9.84 Å². The fourth-order valence-electron chi connectivity index (χ4n) is 1.97. The molecule has 0 fully saturated rings. The molecule has 0 bridgehead atoms. The van der Waals surface area contributed by atoms with E-state index in [4.69, 9.17) is 10.5 Å². The highest BCUT2D eigenvalue weighted by atomic mass is 32.2. The molecule has 0 aliphatic carbocycles. The second kappa shape index (κ2) is 6.79. The van der Waals surface area contributed by atoms with Crippen LogP contribution in [0.1, 0.15) is 52.6 Å². The number of carbonyl (C=O) groups excluding carboxylic acids is 1. The molecular weight excluding hydrogens is 302 g/mol. The van der Waals surface area contributed by atoms with E-state index in [9.17, 15) is 13.2 Å². The fraction of sp³-hybridized carbons (Fsp3) is 0.562. The first-order chi connectivity index (χ1) is 9.95. The van der Waals surface area contributed by atoms with E-state index in [0.717, 1.165) is 0 Å². The zero-order valence-corrected chi connectivity index (χ0v) is 14.6. The van der Waals surface area contributed by atoms with Gasteiger partial charge in [-0.3, -0.25) is 4.79 Å². The smallest absolute Gasteiger partial charge is 0.308 e. The molecule has 0 aliphatic rings. The lowest BCUT2D eigenvalue weighted by atomic mass is 10.0. The minimum absolute atomic E-state index is 0.0676. The molecular formula is C16H25NO4S. The maximum atomic E-state index is 12.4. The van der Waals surface area contributed by atoms with Gasteiger partial charge in [0.05, 0.1) is 16.6 Å². The van der Waals surface area contributed by atoms with E-state index in [1.807, 2.05) is 0 Å². The van der Waals surface area contributed by atoms with Crippen LogP contribution in [0.5, 0.6) is 0 Å². The van der Waals surface area contributed by atoms with Crippen molar-refractivity contribution in [2.45, 2.75) is 62.8 Å². The maximum absolute atomic E-state index is 12.4. The number of carbonyl (C=O) groups is 1. The maximum Gasteiger partial charge on any atom is 0.308 e. The van der Waals surface area contributed by atoms with Crippen LogP contribution in [0.3, 0.4) is 0 Å². The van der Waals surface area contributed by atoms with Gasteiger partial charge in [-0.1, -0.05) is 18.2 Å². The van der Waals surface area contributed by atoms with Crippen LogP contribution in [0.2, 0.25) is 0 Å². The predicted molar refractivity (Wildman–Crippen MR) is 86.2 cm³/mol. The lowest BCUT2D eigenvalue weighted by Gasteiger charge is -2.22. The number of benzene rings is 1. The summed E-state index contributed by atoms with van der Waals surface area (Å²) in [6.45, 7) is 8.55. The molecule has 5 nitrogen and oxygen atoms in total. The first kappa shape index (κ1) is 18.6. The van der Waals surface area contributed by atoms with Gasteiger partial charge in [0, 0.05) is 6.04 Å². The largest absolute Gasteiger partial charge is 0.460 e. The van der Waals surface area contributed by atoms with E-state index in [0.29, 0.717) is 5.56 Å². The summed E-state index contributed by atoms with van der Waals surface area (Å²) in [5, 5.41) is -0.553. The van der Waals surface area contributed by atoms with E-state index < -0.39 is 32.7 Å². The van der Waals surface area contributed by atoms with E-state index in [2.05, 4.69) is 0 Å². The molecule has 0 saturated heterocycles. The van der Waals surface area contributed by atoms with Gasteiger partial charge in [-0.15, -0.1) is 0 Å². The molecule has 6 heteroatoms. The van der Waals surface area contributed by atoms with Crippen molar-refractivity contribution in [2.24, 2.45) is 5.73 Å². The Bertz CT molecular complexity index is 630. The van der Waals surface area contributed by atoms with Gasteiger partial charge in [-0.05, 0) is 46.2 Å². The molecule has 2 N–H and O–H groups in total. The van der Waals surface area contributed by atoms with Crippen molar-refractivity contribution in [2.75, 3.05) is 0 Å². The van der Waals surface area contributed by atoms with Crippen molar-refractivity contribution < 1.29 is 17.9 Å². The van der Waals surface area contributed by atoms with Crippen molar-refractivity contribution in [3.8, 4) is 0 Å². The molecule has 0 spiro atoms. The van der Waals surface area contributed by atoms with Gasteiger partial charge in [-0.2, -0.15) is 0 Å². The van der Waals surface area contributed by atoms with Crippen LogP contribution >= 0.6 is 0 Å². The van der Waals surface area contributed by atoms with E-state index in [1.165, 1.54) is 6.07 Å². The number of ether oxygens (including phenoxy) is 1. The summed E-state index contributed by atoms with van der Waals surface area (Å²) in [6.07, 6.45) is -0.0676. The van der Waals surface area contributed by atoms with Crippen LogP contribution in [-0.4, -0.2) is 25.2 Å². The van der Waals surface area contributed by atoms with Gasteiger partial charge in [0.25, 0.3) is 0 Å². The minimum atomic E-state index is -3.46. The van der Waals surface area contributed by atoms with Gasteiger partial charge in [0.1, 0.15) is 5.60 Å². The Labute approximate surface area is 132 Å². The topological polar surface area (TPSA) is 86.5 Å². The average molecular weight is 327 g/mol. The number of hydrogen-bond acceptors (Lipinski definition) is 5. The highest BCUT2D eigenvalue weighted by Crippen LogP contribution is 2.26. The van der Waals surface area contributed by atoms with E-state index in [1.54, 1.807) is 52.8 Å². The molecule has 124 valence electrons. The summed E-state index contributed by atoms with van der Waals surface area (Å²) in [7, 11) is -3.46. The Morgan fingerprint density at radius 2 is 1.77 bits per heavy atom. The molecule has 1 aromatic rings. The minimum Gasteiger partial charge on any atom is -0.460 e. The Morgan fingerprint density at radius 1 is 1.23 bits per heavy atom. The molecule has 0 heterocycles. The molecule has 0 aliphatic heterocycles. The fourth-order valence-corrected chi connectivity index (χ4v) is 3.30. The van der Waals surface area contributed by atoms with Crippen molar-refractivity contribution in [3.05, 3.63) is 29.8 Å². The summed E-state index contributed by atoms with van der Waals surface area (Å²) in [4.78, 5) is 12.1. The van der Waals surface area contributed by atoms with Gasteiger partial charge in [-0.25, -0.2) is 8.42 Å². The van der Waals surface area contributed by atoms with Crippen LogP contribution in [-0.2, 0) is 19.4 Å². The molecule has 1 atom stereocenters. The van der Waals surface area contributed by atoms with Gasteiger partial charge >= 0.3 is 5.97 Å². The monoisotopic (exact) mass is 327 g/mol. The lowest BCUT2D eigenvalue weighted by Crippen LogP contribution is -2.27. The van der Waals surface area contributed by atoms with Crippen molar-refractivity contribution >= 4 is 15.8 Å². The van der Waals surface area contributed by atoms with Crippen LogP contribution in [0.25, 0.3) is 0 Å². The number of nitrogens with two attached hydrogens (primary N) is 1. The Morgan fingerprint density at radius 3 is 2.27 bits per heavy atom. The predicted octanol–water partition coefficient (Wildman–Crippen LogP) is 2.60. The number of rotatable bonds is 5. The van der Waals surface area contributed by atoms with Crippen molar-refractivity contribution in [3.63, 3.8) is 0 Å². The quantitative estimate of drug-likeness (QED) is 0.840. The highest BCUT2D eigenvalue weighted by Gasteiger charge is 2.26. The van der Waals surface area contributed by atoms with Crippen molar-refractivity contribution in [1.29, 1.82) is 0 Å². The summed E-state index contributed by atoms with van der Waals surface area (Å²) >= 11 is 0. The summed E-state index contributed by atoms with van der Waals surface area (Å²) in [5.74, 6) is -0.447. The number of esters is 1. The van der Waals surface area contributed by atoms with Crippen LogP contribution in [0, 0.1) is 0 Å². The molecule has 0 radical (unpaired) electrons. The standard InChI is InChI=1S/C16H25NO4S/c1-11(2)22(19,20)14-9-7-6-8-12(14)13(17)10-15(18)21-16(3,4)5/h6-9,11,13H,10,17H2,1-5H3. The Balaban J connectivity index is 3.06. The molecule has 0 saturated carbocycles. The molecule has 0 amide bonds. The highest BCUT2D eigenvalue weighted by molar-refractivity contribution is 7.92. The molecule has 0 aromatic heterocycles. The average Bonchev–Trinajstić information content (AvgIpc) is 2.36.